The molecule has 1 unspecified atom stereocenters. The van der Waals surface area contributed by atoms with Crippen LogP contribution in [0.1, 0.15) is 10.6 Å². The summed E-state index contributed by atoms with van der Waals surface area (Å²) in [5, 5.41) is 15.2. The number of carbonyl (C=O) groups excluding carboxylic acids is 1. The van der Waals surface area contributed by atoms with E-state index in [9.17, 15) is 4.79 Å². The topological polar surface area (TPSA) is 76.1 Å². The van der Waals surface area contributed by atoms with Crippen molar-refractivity contribution < 1.29 is 9.53 Å². The summed E-state index contributed by atoms with van der Waals surface area (Å²) in [5.41, 5.74) is 1.82. The first-order chi connectivity index (χ1) is 11.1. The average Bonchev–Trinajstić information content (AvgIpc) is 2.96. The van der Waals surface area contributed by atoms with Gasteiger partial charge in [-0.1, -0.05) is 23.1 Å². The first-order valence-corrected chi connectivity index (χ1v) is 8.97. The van der Waals surface area contributed by atoms with Gasteiger partial charge in [0, 0.05) is 23.7 Å². The first-order valence-electron chi connectivity index (χ1n) is 7.33. The predicted molar refractivity (Wildman–Crippen MR) is 91.2 cm³/mol. The molecule has 122 valence electrons. The molecule has 0 bridgehead atoms. The van der Waals surface area contributed by atoms with Crippen molar-refractivity contribution >= 4 is 34.7 Å². The zero-order chi connectivity index (χ0) is 16.2. The number of rotatable bonds is 4. The Balaban J connectivity index is 1.65. The number of nitrogens with zero attached hydrogens (tertiary/aromatic N) is 2. The van der Waals surface area contributed by atoms with Gasteiger partial charge in [-0.15, -0.1) is 10.2 Å². The van der Waals surface area contributed by atoms with Crippen molar-refractivity contribution in [1.82, 2.24) is 15.5 Å². The van der Waals surface area contributed by atoms with E-state index >= 15 is 0 Å². The molecule has 0 spiro atoms. The monoisotopic (exact) mass is 350 g/mol. The van der Waals surface area contributed by atoms with E-state index in [0.29, 0.717) is 13.2 Å². The Hall–Kier alpha value is -1.48. The van der Waals surface area contributed by atoms with Crippen molar-refractivity contribution in [3.63, 3.8) is 0 Å². The summed E-state index contributed by atoms with van der Waals surface area (Å²) < 4.78 is 6.38. The Bertz CT molecular complexity index is 699. The third-order valence-electron chi connectivity index (χ3n) is 3.39. The molecule has 8 heteroatoms. The van der Waals surface area contributed by atoms with Gasteiger partial charge in [-0.3, -0.25) is 4.79 Å². The van der Waals surface area contributed by atoms with Crippen LogP contribution in [-0.4, -0.2) is 41.9 Å². The number of carbonyl (C=O) groups is 1. The van der Waals surface area contributed by atoms with E-state index < -0.39 is 6.10 Å². The summed E-state index contributed by atoms with van der Waals surface area (Å²) in [5.74, 6) is -0.111. The molecular weight excluding hydrogens is 332 g/mol. The van der Waals surface area contributed by atoms with Gasteiger partial charge in [-0.2, -0.15) is 0 Å². The maximum Gasteiger partial charge on any atom is 0.254 e. The van der Waals surface area contributed by atoms with Crippen LogP contribution in [0.2, 0.25) is 0 Å². The lowest BCUT2D eigenvalue weighted by atomic mass is 10.2. The maximum atomic E-state index is 12.2. The van der Waals surface area contributed by atoms with Gasteiger partial charge in [0.2, 0.25) is 0 Å². The molecule has 1 aliphatic rings. The van der Waals surface area contributed by atoms with Crippen LogP contribution in [0.3, 0.4) is 0 Å². The van der Waals surface area contributed by atoms with Gasteiger partial charge in [0.05, 0.1) is 6.61 Å². The zero-order valence-corrected chi connectivity index (χ0v) is 14.6. The summed E-state index contributed by atoms with van der Waals surface area (Å²) >= 11 is 3.15. The van der Waals surface area contributed by atoms with Crippen LogP contribution in [0.15, 0.2) is 27.4 Å². The molecule has 1 aromatic carbocycles. The Kier molecular flexibility index (Phi) is 5.27. The molecule has 0 aliphatic carbocycles. The van der Waals surface area contributed by atoms with Gasteiger partial charge in [0.1, 0.15) is 11.1 Å². The largest absolute Gasteiger partial charge is 0.366 e. The number of amides is 1. The zero-order valence-electron chi connectivity index (χ0n) is 13.0. The number of benzene rings is 1. The van der Waals surface area contributed by atoms with Crippen LogP contribution in [0.25, 0.3) is 0 Å². The van der Waals surface area contributed by atoms with Crippen molar-refractivity contribution in [1.29, 1.82) is 0 Å². The van der Waals surface area contributed by atoms with E-state index in [1.807, 2.05) is 32.0 Å². The SMILES string of the molecule is Cc1nnc(Sc2ccc(NC(=O)C3CNCCO3)c(C)c2)s1. The Morgan fingerprint density at radius 3 is 2.96 bits per heavy atom. The van der Waals surface area contributed by atoms with Gasteiger partial charge in [-0.05, 0) is 37.6 Å². The molecule has 1 fully saturated rings. The second-order valence-electron chi connectivity index (χ2n) is 5.22. The van der Waals surface area contributed by atoms with Crippen molar-refractivity contribution in [3.05, 3.63) is 28.8 Å². The number of hydrogen-bond acceptors (Lipinski definition) is 7. The smallest absolute Gasteiger partial charge is 0.254 e. The lowest BCUT2D eigenvalue weighted by molar-refractivity contribution is -0.128. The van der Waals surface area contributed by atoms with Crippen LogP contribution < -0.4 is 10.6 Å². The molecular formula is C15H18N4O2S2. The molecule has 0 radical (unpaired) electrons. The highest BCUT2D eigenvalue weighted by Gasteiger charge is 2.22. The van der Waals surface area contributed by atoms with E-state index in [0.717, 1.165) is 32.0 Å². The van der Waals surface area contributed by atoms with E-state index in [1.54, 1.807) is 23.1 Å². The molecule has 1 aromatic heterocycles. The molecule has 3 rings (SSSR count). The fraction of sp³-hybridized carbons (Fsp3) is 0.400. The van der Waals surface area contributed by atoms with E-state index in [2.05, 4.69) is 20.8 Å². The third kappa shape index (κ3) is 4.29. The lowest BCUT2D eigenvalue weighted by Crippen LogP contribution is -2.45. The molecule has 1 atom stereocenters. The minimum absolute atomic E-state index is 0.111. The van der Waals surface area contributed by atoms with Crippen molar-refractivity contribution in [2.45, 2.75) is 29.2 Å². The Morgan fingerprint density at radius 2 is 2.30 bits per heavy atom. The maximum absolute atomic E-state index is 12.2. The highest BCUT2D eigenvalue weighted by atomic mass is 32.2. The number of morpholine rings is 1. The van der Waals surface area contributed by atoms with Gasteiger partial charge >= 0.3 is 0 Å². The Morgan fingerprint density at radius 1 is 1.43 bits per heavy atom. The summed E-state index contributed by atoms with van der Waals surface area (Å²) in [4.78, 5) is 13.3. The molecule has 1 saturated heterocycles. The number of anilines is 1. The second-order valence-corrected chi connectivity index (χ2v) is 7.72. The summed E-state index contributed by atoms with van der Waals surface area (Å²) in [6.45, 7) is 5.82. The van der Waals surface area contributed by atoms with Crippen LogP contribution in [0, 0.1) is 13.8 Å². The fourth-order valence-electron chi connectivity index (χ4n) is 2.21. The Labute approximate surface area is 143 Å². The van der Waals surface area contributed by atoms with E-state index in [1.165, 1.54) is 0 Å². The molecule has 2 N–H and O–H groups in total. The minimum Gasteiger partial charge on any atom is -0.366 e. The summed E-state index contributed by atoms with van der Waals surface area (Å²) in [6, 6.07) is 5.93. The minimum atomic E-state index is -0.429. The molecule has 2 aromatic rings. The average molecular weight is 350 g/mol. The summed E-state index contributed by atoms with van der Waals surface area (Å²) in [7, 11) is 0. The van der Waals surface area contributed by atoms with Gasteiger partial charge in [0.15, 0.2) is 4.34 Å². The second kappa shape index (κ2) is 7.39. The van der Waals surface area contributed by atoms with Crippen molar-refractivity contribution in [2.75, 3.05) is 25.0 Å². The highest BCUT2D eigenvalue weighted by Crippen LogP contribution is 2.32. The number of aromatic nitrogens is 2. The number of hydrogen-bond donors (Lipinski definition) is 2. The van der Waals surface area contributed by atoms with E-state index in [-0.39, 0.29) is 5.91 Å². The van der Waals surface area contributed by atoms with E-state index in [4.69, 9.17) is 4.74 Å². The molecule has 0 saturated carbocycles. The number of ether oxygens (including phenoxy) is 1. The summed E-state index contributed by atoms with van der Waals surface area (Å²) in [6.07, 6.45) is -0.429. The van der Waals surface area contributed by atoms with Gasteiger partial charge in [-0.25, -0.2) is 0 Å². The third-order valence-corrected chi connectivity index (χ3v) is 5.27. The first kappa shape index (κ1) is 16.4. The molecule has 23 heavy (non-hydrogen) atoms. The van der Waals surface area contributed by atoms with Crippen LogP contribution in [0.4, 0.5) is 5.69 Å². The van der Waals surface area contributed by atoms with Crippen LogP contribution in [-0.2, 0) is 9.53 Å². The standard InChI is InChI=1S/C15H18N4O2S2/c1-9-7-11(23-15-19-18-10(2)22-15)3-4-12(9)17-14(20)13-8-16-5-6-21-13/h3-4,7,13,16H,5-6,8H2,1-2H3,(H,17,20). The molecule has 6 nitrogen and oxygen atoms in total. The van der Waals surface area contributed by atoms with Gasteiger partial charge in [0.25, 0.3) is 5.91 Å². The molecule has 1 amide bonds. The van der Waals surface area contributed by atoms with Gasteiger partial charge < -0.3 is 15.4 Å². The molecule has 2 heterocycles. The lowest BCUT2D eigenvalue weighted by Gasteiger charge is -2.23. The normalized spacial score (nSPS) is 17.9. The number of aryl methyl sites for hydroxylation is 2. The van der Waals surface area contributed by atoms with Crippen molar-refractivity contribution in [2.24, 2.45) is 0 Å². The molecule has 1 aliphatic heterocycles. The fourth-order valence-corrected chi connectivity index (χ4v) is 4.10. The number of nitrogens with one attached hydrogen (secondary N) is 2. The highest BCUT2D eigenvalue weighted by molar-refractivity contribution is 8.01. The predicted octanol–water partition coefficient (Wildman–Crippen LogP) is 2.23. The van der Waals surface area contributed by atoms with Crippen molar-refractivity contribution in [3.8, 4) is 0 Å². The van der Waals surface area contributed by atoms with Crippen LogP contribution >= 0.6 is 23.1 Å². The quantitative estimate of drug-likeness (QED) is 0.881. The van der Waals surface area contributed by atoms with Crippen LogP contribution in [0.5, 0.6) is 0 Å².